The van der Waals surface area contributed by atoms with Crippen LogP contribution in [0.1, 0.15) is 24.5 Å². The Bertz CT molecular complexity index is 1140. The number of aryl methyl sites for hydroxylation is 2. The summed E-state index contributed by atoms with van der Waals surface area (Å²) in [5.74, 6) is 0. The summed E-state index contributed by atoms with van der Waals surface area (Å²) in [6.07, 6.45) is 9.49. The van der Waals surface area contributed by atoms with Crippen molar-refractivity contribution in [1.82, 2.24) is 14.9 Å². The molecule has 160 valence electrons. The van der Waals surface area contributed by atoms with Crippen molar-refractivity contribution in [3.05, 3.63) is 66.1 Å². The number of fused-ring (bicyclic) bond motifs is 1. The second-order valence-electron chi connectivity index (χ2n) is 8.29. The molecule has 5 rings (SSSR count). The van der Waals surface area contributed by atoms with Gasteiger partial charge in [-0.15, -0.1) is 0 Å². The number of allylic oxidation sites excluding steroid dienone is 1. The number of hydrogen-bond donors (Lipinski definition) is 1. The average Bonchev–Trinajstić information content (AvgIpc) is 3.20. The lowest BCUT2D eigenvalue weighted by Crippen LogP contribution is -2.43. The number of nitrogens with zero attached hydrogens (tertiary/aromatic N) is 5. The van der Waals surface area contributed by atoms with Crippen molar-refractivity contribution >= 4 is 28.1 Å². The SMILES string of the molecule is CCCn1cc(C2=NCN(c3cccc(N4CCNCC4)c3)C=C2)c2nccc(C)c21. The van der Waals surface area contributed by atoms with Crippen molar-refractivity contribution in [3.63, 3.8) is 0 Å². The van der Waals surface area contributed by atoms with Gasteiger partial charge >= 0.3 is 0 Å². The number of rotatable bonds is 5. The fraction of sp³-hybridized carbons (Fsp3) is 0.360. The highest BCUT2D eigenvalue weighted by molar-refractivity contribution is 6.16. The van der Waals surface area contributed by atoms with E-state index >= 15 is 0 Å². The van der Waals surface area contributed by atoms with E-state index < -0.39 is 0 Å². The minimum atomic E-state index is 0.614. The standard InChI is InChI=1S/C25H30N6/c1-3-12-30-17-22(24-25(30)19(2)7-9-27-24)23-8-13-31(18-28-23)21-6-4-5-20(16-21)29-14-10-26-11-15-29/h4-9,13,16-17,26H,3,10-12,14-15,18H2,1-2H3. The summed E-state index contributed by atoms with van der Waals surface area (Å²) in [6, 6.07) is 10.9. The minimum Gasteiger partial charge on any atom is -0.369 e. The maximum Gasteiger partial charge on any atom is 0.115 e. The van der Waals surface area contributed by atoms with Gasteiger partial charge in [0.05, 0.1) is 16.7 Å². The van der Waals surface area contributed by atoms with Crippen LogP contribution in [0.25, 0.3) is 11.0 Å². The number of aromatic nitrogens is 2. The van der Waals surface area contributed by atoms with Crippen LogP contribution in [0, 0.1) is 6.92 Å². The Hall–Kier alpha value is -3.12. The van der Waals surface area contributed by atoms with E-state index in [0.29, 0.717) is 6.67 Å². The Labute approximate surface area is 183 Å². The third kappa shape index (κ3) is 3.83. The zero-order chi connectivity index (χ0) is 21.2. The summed E-state index contributed by atoms with van der Waals surface area (Å²) < 4.78 is 2.33. The van der Waals surface area contributed by atoms with E-state index in [9.17, 15) is 0 Å². The van der Waals surface area contributed by atoms with Gasteiger partial charge in [0.25, 0.3) is 0 Å². The normalized spacial score (nSPS) is 16.8. The van der Waals surface area contributed by atoms with Crippen LogP contribution in [0.3, 0.4) is 0 Å². The van der Waals surface area contributed by atoms with Gasteiger partial charge in [-0.2, -0.15) is 0 Å². The number of benzene rings is 1. The molecule has 0 saturated carbocycles. The summed E-state index contributed by atoms with van der Waals surface area (Å²) in [5.41, 5.74) is 8.12. The molecule has 2 aliphatic rings. The number of hydrogen-bond acceptors (Lipinski definition) is 5. The Morgan fingerprint density at radius 1 is 1.10 bits per heavy atom. The van der Waals surface area contributed by atoms with Crippen LogP contribution in [0.4, 0.5) is 11.4 Å². The molecular formula is C25H30N6. The predicted octanol–water partition coefficient (Wildman–Crippen LogP) is 3.94. The second kappa shape index (κ2) is 8.55. The lowest BCUT2D eigenvalue weighted by atomic mass is 10.1. The third-order valence-electron chi connectivity index (χ3n) is 6.14. The summed E-state index contributed by atoms with van der Waals surface area (Å²) in [7, 11) is 0. The molecule has 0 aliphatic carbocycles. The van der Waals surface area contributed by atoms with Gasteiger partial charge in [0.2, 0.25) is 0 Å². The van der Waals surface area contributed by atoms with Crippen molar-refractivity contribution in [3.8, 4) is 0 Å². The van der Waals surface area contributed by atoms with E-state index in [1.807, 2.05) is 6.20 Å². The van der Waals surface area contributed by atoms with Crippen molar-refractivity contribution in [2.24, 2.45) is 4.99 Å². The van der Waals surface area contributed by atoms with E-state index in [-0.39, 0.29) is 0 Å². The largest absolute Gasteiger partial charge is 0.369 e. The summed E-state index contributed by atoms with van der Waals surface area (Å²) >= 11 is 0. The molecular weight excluding hydrogens is 384 g/mol. The predicted molar refractivity (Wildman–Crippen MR) is 129 cm³/mol. The Kier molecular flexibility index (Phi) is 5.47. The topological polar surface area (TPSA) is 48.7 Å². The number of aliphatic imine (C=N–C) groups is 1. The van der Waals surface area contributed by atoms with Crippen LogP contribution in [-0.4, -0.2) is 48.1 Å². The third-order valence-corrected chi connectivity index (χ3v) is 6.14. The van der Waals surface area contributed by atoms with Gasteiger partial charge in [0, 0.05) is 68.3 Å². The van der Waals surface area contributed by atoms with Crippen LogP contribution in [0.15, 0.2) is 60.0 Å². The monoisotopic (exact) mass is 414 g/mol. The van der Waals surface area contributed by atoms with E-state index in [1.54, 1.807) is 0 Å². The van der Waals surface area contributed by atoms with Crippen LogP contribution >= 0.6 is 0 Å². The molecule has 3 aromatic rings. The van der Waals surface area contributed by atoms with Gasteiger partial charge in [0.1, 0.15) is 6.67 Å². The number of nitrogens with one attached hydrogen (secondary N) is 1. The number of pyridine rings is 1. The lowest BCUT2D eigenvalue weighted by molar-refractivity contribution is 0.589. The van der Waals surface area contributed by atoms with E-state index in [4.69, 9.17) is 9.98 Å². The molecule has 0 bridgehead atoms. The molecule has 0 atom stereocenters. The van der Waals surface area contributed by atoms with Crippen LogP contribution in [0.5, 0.6) is 0 Å². The maximum absolute atomic E-state index is 4.93. The molecule has 0 amide bonds. The van der Waals surface area contributed by atoms with Crippen LogP contribution in [-0.2, 0) is 6.54 Å². The van der Waals surface area contributed by atoms with Gasteiger partial charge in [-0.3, -0.25) is 9.98 Å². The number of piperazine rings is 1. The molecule has 0 unspecified atom stereocenters. The van der Waals surface area contributed by atoms with Crippen molar-refractivity contribution in [2.75, 3.05) is 42.6 Å². The molecule has 0 spiro atoms. The first kappa shape index (κ1) is 19.8. The number of anilines is 2. The second-order valence-corrected chi connectivity index (χ2v) is 8.29. The van der Waals surface area contributed by atoms with E-state index in [1.165, 1.54) is 22.5 Å². The summed E-state index contributed by atoms with van der Waals surface area (Å²) in [4.78, 5) is 14.3. The zero-order valence-electron chi connectivity index (χ0n) is 18.4. The summed E-state index contributed by atoms with van der Waals surface area (Å²) in [6.45, 7) is 10.2. The Balaban J connectivity index is 1.40. The molecule has 6 heteroatoms. The van der Waals surface area contributed by atoms with Crippen molar-refractivity contribution in [2.45, 2.75) is 26.8 Å². The first-order valence-corrected chi connectivity index (χ1v) is 11.2. The minimum absolute atomic E-state index is 0.614. The first-order valence-electron chi connectivity index (χ1n) is 11.2. The first-order chi connectivity index (χ1) is 15.2. The van der Waals surface area contributed by atoms with E-state index in [0.717, 1.165) is 55.9 Å². The quantitative estimate of drug-likeness (QED) is 0.687. The molecule has 1 saturated heterocycles. The highest BCUT2D eigenvalue weighted by atomic mass is 15.2. The van der Waals surface area contributed by atoms with Gasteiger partial charge in [-0.25, -0.2) is 0 Å². The highest BCUT2D eigenvalue weighted by Crippen LogP contribution is 2.27. The van der Waals surface area contributed by atoms with Crippen LogP contribution < -0.4 is 15.1 Å². The smallest absolute Gasteiger partial charge is 0.115 e. The zero-order valence-corrected chi connectivity index (χ0v) is 18.4. The molecule has 31 heavy (non-hydrogen) atoms. The maximum atomic E-state index is 4.93. The van der Waals surface area contributed by atoms with Crippen LogP contribution in [0.2, 0.25) is 0 Å². The highest BCUT2D eigenvalue weighted by Gasteiger charge is 2.18. The molecule has 2 aliphatic heterocycles. The molecule has 0 radical (unpaired) electrons. The molecule has 2 aromatic heterocycles. The molecule has 1 fully saturated rings. The Morgan fingerprint density at radius 3 is 2.71 bits per heavy atom. The van der Waals surface area contributed by atoms with E-state index in [2.05, 4.69) is 82.3 Å². The van der Waals surface area contributed by atoms with Gasteiger partial charge in [-0.05, 0) is 49.2 Å². The van der Waals surface area contributed by atoms with Gasteiger partial charge in [0.15, 0.2) is 0 Å². The molecule has 4 heterocycles. The average molecular weight is 415 g/mol. The fourth-order valence-corrected chi connectivity index (χ4v) is 4.54. The molecule has 6 nitrogen and oxygen atoms in total. The van der Waals surface area contributed by atoms with Crippen molar-refractivity contribution in [1.29, 1.82) is 0 Å². The fourth-order valence-electron chi connectivity index (χ4n) is 4.54. The molecule has 1 aromatic carbocycles. The van der Waals surface area contributed by atoms with Crippen molar-refractivity contribution < 1.29 is 0 Å². The van der Waals surface area contributed by atoms with Gasteiger partial charge in [-0.1, -0.05) is 13.0 Å². The molecule has 1 N–H and O–H groups in total. The Morgan fingerprint density at radius 2 is 1.94 bits per heavy atom. The summed E-state index contributed by atoms with van der Waals surface area (Å²) in [5, 5.41) is 3.42. The lowest BCUT2D eigenvalue weighted by Gasteiger charge is -2.30. The van der Waals surface area contributed by atoms with Gasteiger partial charge < -0.3 is 19.7 Å².